The van der Waals surface area contributed by atoms with E-state index in [-0.39, 0.29) is 12.7 Å². The highest BCUT2D eigenvalue weighted by Gasteiger charge is 2.08. The molecular formula is C13H22N3O4P. The molecule has 1 aromatic heterocycles. The predicted molar refractivity (Wildman–Crippen MR) is 82.6 cm³/mol. The predicted octanol–water partition coefficient (Wildman–Crippen LogP) is 1.58. The van der Waals surface area contributed by atoms with E-state index in [1.54, 1.807) is 12.3 Å². The SMILES string of the molecule is CCCCCNc1ccn(C/C=C/CP(=O)(O)O)c(=O)n1. The second-order valence-corrected chi connectivity index (χ2v) is 6.39. The number of aromatic nitrogens is 2. The fourth-order valence-corrected chi connectivity index (χ4v) is 2.08. The van der Waals surface area contributed by atoms with Crippen molar-refractivity contribution in [3.63, 3.8) is 0 Å². The van der Waals surface area contributed by atoms with E-state index >= 15 is 0 Å². The molecule has 21 heavy (non-hydrogen) atoms. The number of hydrogen-bond acceptors (Lipinski definition) is 4. The van der Waals surface area contributed by atoms with E-state index in [0.29, 0.717) is 5.82 Å². The standard InChI is InChI=1S/C13H22N3O4P/c1-2-3-4-8-14-12-7-10-16(13(17)15-12)9-5-6-11-21(18,19)20/h5-7,10H,2-4,8-9,11H2,1H3,(H,14,15,17)(H2,18,19,20)/b6-5+. The minimum absolute atomic E-state index is 0.238. The highest BCUT2D eigenvalue weighted by atomic mass is 31.2. The molecule has 0 atom stereocenters. The Morgan fingerprint density at radius 1 is 1.38 bits per heavy atom. The Labute approximate surface area is 123 Å². The Balaban J connectivity index is 2.50. The van der Waals surface area contributed by atoms with E-state index in [2.05, 4.69) is 17.2 Å². The van der Waals surface area contributed by atoms with Crippen LogP contribution in [0.15, 0.2) is 29.2 Å². The summed E-state index contributed by atoms with van der Waals surface area (Å²) in [7, 11) is -4.03. The van der Waals surface area contributed by atoms with E-state index in [4.69, 9.17) is 9.79 Å². The number of hydrogen-bond donors (Lipinski definition) is 3. The largest absolute Gasteiger partial charge is 0.370 e. The van der Waals surface area contributed by atoms with Gasteiger partial charge in [-0.1, -0.05) is 31.9 Å². The summed E-state index contributed by atoms with van der Waals surface area (Å²) >= 11 is 0. The average Bonchev–Trinajstić information content (AvgIpc) is 2.40. The second kappa shape index (κ2) is 8.77. The third-order valence-electron chi connectivity index (χ3n) is 2.77. The van der Waals surface area contributed by atoms with Crippen LogP contribution < -0.4 is 11.0 Å². The van der Waals surface area contributed by atoms with Crippen molar-refractivity contribution in [3.8, 4) is 0 Å². The van der Waals surface area contributed by atoms with Crippen molar-refractivity contribution >= 4 is 13.4 Å². The summed E-state index contributed by atoms with van der Waals surface area (Å²) in [4.78, 5) is 33.0. The van der Waals surface area contributed by atoms with Gasteiger partial charge in [0.2, 0.25) is 0 Å². The highest BCUT2D eigenvalue weighted by molar-refractivity contribution is 7.51. The van der Waals surface area contributed by atoms with Crippen molar-refractivity contribution in [1.29, 1.82) is 0 Å². The molecule has 0 unspecified atom stereocenters. The van der Waals surface area contributed by atoms with Gasteiger partial charge in [0, 0.05) is 19.3 Å². The maximum absolute atomic E-state index is 11.7. The summed E-state index contributed by atoms with van der Waals surface area (Å²) < 4.78 is 12.0. The molecule has 118 valence electrons. The highest BCUT2D eigenvalue weighted by Crippen LogP contribution is 2.33. The number of nitrogens with one attached hydrogen (secondary N) is 1. The second-order valence-electron chi connectivity index (χ2n) is 4.70. The third-order valence-corrected chi connectivity index (χ3v) is 3.46. The molecule has 0 saturated carbocycles. The number of nitrogens with zero attached hydrogens (tertiary/aromatic N) is 2. The fourth-order valence-electron chi connectivity index (χ4n) is 1.66. The summed E-state index contributed by atoms with van der Waals surface area (Å²) in [6.07, 6.45) is 7.49. The van der Waals surface area contributed by atoms with Gasteiger partial charge in [-0.25, -0.2) is 4.79 Å². The van der Waals surface area contributed by atoms with E-state index in [9.17, 15) is 9.36 Å². The molecule has 0 aliphatic rings. The van der Waals surface area contributed by atoms with Crippen LogP contribution in [0.25, 0.3) is 0 Å². The van der Waals surface area contributed by atoms with Crippen LogP contribution in [0.2, 0.25) is 0 Å². The molecule has 0 aliphatic heterocycles. The maximum Gasteiger partial charge on any atom is 0.349 e. The van der Waals surface area contributed by atoms with Crippen LogP contribution in [0.1, 0.15) is 26.2 Å². The number of unbranched alkanes of at least 4 members (excludes halogenated alkanes) is 2. The zero-order valence-electron chi connectivity index (χ0n) is 12.1. The summed E-state index contributed by atoms with van der Waals surface area (Å²) in [6, 6.07) is 1.71. The zero-order chi connectivity index (χ0) is 15.7. The van der Waals surface area contributed by atoms with Gasteiger partial charge in [0.05, 0.1) is 6.16 Å². The van der Waals surface area contributed by atoms with Gasteiger partial charge in [-0.3, -0.25) is 9.13 Å². The Bertz CT molecular complexity index is 565. The average molecular weight is 315 g/mol. The van der Waals surface area contributed by atoms with Crippen LogP contribution in [0, 0.1) is 0 Å². The molecule has 1 aromatic rings. The van der Waals surface area contributed by atoms with Crippen LogP contribution >= 0.6 is 7.60 Å². The first-order valence-electron chi connectivity index (χ1n) is 6.93. The van der Waals surface area contributed by atoms with Crippen molar-refractivity contribution < 1.29 is 14.4 Å². The normalized spacial score (nSPS) is 12.0. The van der Waals surface area contributed by atoms with E-state index in [1.807, 2.05) is 0 Å². The first-order chi connectivity index (χ1) is 9.92. The lowest BCUT2D eigenvalue weighted by Gasteiger charge is -2.06. The van der Waals surface area contributed by atoms with Crippen LogP contribution in [-0.4, -0.2) is 32.0 Å². The molecule has 1 heterocycles. The van der Waals surface area contributed by atoms with Crippen molar-refractivity contribution in [3.05, 3.63) is 34.9 Å². The first-order valence-corrected chi connectivity index (χ1v) is 8.73. The van der Waals surface area contributed by atoms with Gasteiger partial charge in [-0.05, 0) is 12.5 Å². The topological polar surface area (TPSA) is 104 Å². The summed E-state index contributed by atoms with van der Waals surface area (Å²) in [5.41, 5.74) is -0.392. The number of anilines is 1. The van der Waals surface area contributed by atoms with Gasteiger partial charge in [-0.2, -0.15) is 4.98 Å². The van der Waals surface area contributed by atoms with Crippen LogP contribution in [0.5, 0.6) is 0 Å². The Kier molecular flexibility index (Phi) is 7.36. The summed E-state index contributed by atoms with van der Waals surface area (Å²) in [6.45, 7) is 3.15. The molecule has 0 radical (unpaired) electrons. The molecule has 8 heteroatoms. The third kappa shape index (κ3) is 7.80. The van der Waals surface area contributed by atoms with Crippen molar-refractivity contribution in [2.45, 2.75) is 32.7 Å². The first kappa shape index (κ1) is 17.6. The monoisotopic (exact) mass is 315 g/mol. The van der Waals surface area contributed by atoms with Crippen LogP contribution in [0.3, 0.4) is 0 Å². The smallest absolute Gasteiger partial charge is 0.349 e. The number of allylic oxidation sites excluding steroid dienone is 2. The van der Waals surface area contributed by atoms with E-state index in [1.165, 1.54) is 16.7 Å². The van der Waals surface area contributed by atoms with Gasteiger partial charge in [0.15, 0.2) is 0 Å². The van der Waals surface area contributed by atoms with Gasteiger partial charge < -0.3 is 15.1 Å². The Morgan fingerprint density at radius 2 is 2.14 bits per heavy atom. The fraction of sp³-hybridized carbons (Fsp3) is 0.538. The molecule has 1 rings (SSSR count). The molecule has 0 spiro atoms. The van der Waals surface area contributed by atoms with Crippen LogP contribution in [0.4, 0.5) is 5.82 Å². The molecule has 0 saturated heterocycles. The summed E-state index contributed by atoms with van der Waals surface area (Å²) in [5.74, 6) is 0.548. The molecule has 7 nitrogen and oxygen atoms in total. The number of rotatable bonds is 9. The lowest BCUT2D eigenvalue weighted by atomic mass is 10.2. The van der Waals surface area contributed by atoms with Gasteiger partial charge in [0.1, 0.15) is 5.82 Å². The molecule has 0 amide bonds. The quantitative estimate of drug-likeness (QED) is 0.363. The molecule has 3 N–H and O–H groups in total. The van der Waals surface area contributed by atoms with Gasteiger partial charge in [-0.15, -0.1) is 0 Å². The minimum Gasteiger partial charge on any atom is -0.370 e. The van der Waals surface area contributed by atoms with E-state index in [0.717, 1.165) is 25.8 Å². The minimum atomic E-state index is -4.03. The lowest BCUT2D eigenvalue weighted by molar-refractivity contribution is 0.377. The van der Waals surface area contributed by atoms with Crippen molar-refractivity contribution in [2.24, 2.45) is 0 Å². The Morgan fingerprint density at radius 3 is 2.76 bits per heavy atom. The molecule has 0 fully saturated rings. The molecule has 0 aliphatic carbocycles. The maximum atomic E-state index is 11.7. The lowest BCUT2D eigenvalue weighted by Crippen LogP contribution is -2.23. The zero-order valence-corrected chi connectivity index (χ0v) is 13.0. The van der Waals surface area contributed by atoms with Crippen molar-refractivity contribution in [1.82, 2.24) is 9.55 Å². The summed E-state index contributed by atoms with van der Waals surface area (Å²) in [5, 5.41) is 3.09. The molecule has 0 bridgehead atoms. The van der Waals surface area contributed by atoms with Crippen molar-refractivity contribution in [2.75, 3.05) is 18.0 Å². The van der Waals surface area contributed by atoms with E-state index < -0.39 is 13.3 Å². The molecule has 0 aromatic carbocycles. The van der Waals surface area contributed by atoms with Crippen LogP contribution in [-0.2, 0) is 11.1 Å². The molecular weight excluding hydrogens is 293 g/mol. The van der Waals surface area contributed by atoms with Gasteiger partial charge in [0.25, 0.3) is 0 Å². The van der Waals surface area contributed by atoms with Gasteiger partial charge >= 0.3 is 13.3 Å². The Hall–Kier alpha value is -1.43.